The lowest BCUT2D eigenvalue weighted by atomic mass is 9.98. The van der Waals surface area contributed by atoms with E-state index in [2.05, 4.69) is 0 Å². The van der Waals surface area contributed by atoms with Gasteiger partial charge in [0.25, 0.3) is 0 Å². The molecule has 0 aliphatic rings. The van der Waals surface area contributed by atoms with Crippen LogP contribution < -0.4 is 5.73 Å². The molecule has 0 heterocycles. The van der Waals surface area contributed by atoms with Crippen molar-refractivity contribution in [1.29, 1.82) is 0 Å². The first-order chi connectivity index (χ1) is 8.97. The first-order valence-corrected chi connectivity index (χ1v) is 6.49. The number of aryl methyl sites for hydroxylation is 2. The summed E-state index contributed by atoms with van der Waals surface area (Å²) in [5.41, 5.74) is 10.1. The molecule has 0 amide bonds. The molecule has 3 heteroatoms. The van der Waals surface area contributed by atoms with Gasteiger partial charge in [0.15, 0.2) is 5.78 Å². The van der Waals surface area contributed by atoms with Gasteiger partial charge >= 0.3 is 0 Å². The Hall–Kier alpha value is -1.80. The van der Waals surface area contributed by atoms with Crippen molar-refractivity contribution in [1.82, 2.24) is 0 Å². The Labute approximate surface area is 118 Å². The predicted octanol–water partition coefficient (Wildman–Crippen LogP) is 3.96. The molecule has 0 aliphatic heterocycles. The number of Topliss-reactive ketones (excluding diaryl/α,β-unsaturated/α-hetero) is 1. The highest BCUT2D eigenvalue weighted by Gasteiger charge is 2.10. The van der Waals surface area contributed by atoms with E-state index in [1.54, 1.807) is 18.2 Å². The number of benzene rings is 2. The van der Waals surface area contributed by atoms with E-state index in [1.807, 2.05) is 32.0 Å². The van der Waals surface area contributed by atoms with Gasteiger partial charge in [-0.25, -0.2) is 0 Å². The Morgan fingerprint density at radius 2 is 1.89 bits per heavy atom. The summed E-state index contributed by atoms with van der Waals surface area (Å²) in [5.74, 6) is 0.0515. The molecule has 2 nitrogen and oxygen atoms in total. The molecule has 0 aliphatic carbocycles. The fraction of sp³-hybridized carbons (Fsp3) is 0.188. The van der Waals surface area contributed by atoms with E-state index >= 15 is 0 Å². The number of ketones is 1. The predicted molar refractivity (Wildman–Crippen MR) is 79.8 cm³/mol. The first-order valence-electron chi connectivity index (χ1n) is 6.11. The van der Waals surface area contributed by atoms with Gasteiger partial charge in [-0.1, -0.05) is 35.4 Å². The Bertz CT molecular complexity index is 635. The fourth-order valence-electron chi connectivity index (χ4n) is 1.97. The average Bonchev–Trinajstić information content (AvgIpc) is 2.37. The summed E-state index contributed by atoms with van der Waals surface area (Å²) in [6.45, 7) is 4.03. The quantitative estimate of drug-likeness (QED) is 0.679. The van der Waals surface area contributed by atoms with E-state index in [9.17, 15) is 4.79 Å². The second kappa shape index (κ2) is 5.45. The van der Waals surface area contributed by atoms with Crippen LogP contribution in [0.15, 0.2) is 36.4 Å². The van der Waals surface area contributed by atoms with Crippen LogP contribution in [0, 0.1) is 13.8 Å². The van der Waals surface area contributed by atoms with Gasteiger partial charge in [0.2, 0.25) is 0 Å². The minimum atomic E-state index is 0.0515. The molecular formula is C16H16ClNO. The molecule has 0 fully saturated rings. The molecule has 98 valence electrons. The fourth-order valence-corrected chi connectivity index (χ4v) is 2.15. The minimum Gasteiger partial charge on any atom is -0.398 e. The summed E-state index contributed by atoms with van der Waals surface area (Å²) < 4.78 is 0. The van der Waals surface area contributed by atoms with Gasteiger partial charge < -0.3 is 5.73 Å². The lowest BCUT2D eigenvalue weighted by Gasteiger charge is -2.07. The standard InChI is InChI=1S/C16H16ClNO/c1-10-3-4-11(2)13(7-10)9-16(19)12-5-6-15(18)14(17)8-12/h3-8H,9,18H2,1-2H3. The first kappa shape index (κ1) is 13.6. The van der Waals surface area contributed by atoms with Crippen molar-refractivity contribution in [2.75, 3.05) is 5.73 Å². The molecule has 2 rings (SSSR count). The van der Waals surface area contributed by atoms with Gasteiger partial charge in [0, 0.05) is 12.0 Å². The molecular weight excluding hydrogens is 258 g/mol. The van der Waals surface area contributed by atoms with Crippen LogP contribution in [-0.2, 0) is 6.42 Å². The van der Waals surface area contributed by atoms with Crippen LogP contribution in [0.3, 0.4) is 0 Å². The van der Waals surface area contributed by atoms with Crippen LogP contribution in [0.5, 0.6) is 0 Å². The third-order valence-corrected chi connectivity index (χ3v) is 3.51. The number of anilines is 1. The monoisotopic (exact) mass is 273 g/mol. The topological polar surface area (TPSA) is 43.1 Å². The molecule has 0 radical (unpaired) electrons. The third-order valence-electron chi connectivity index (χ3n) is 3.18. The summed E-state index contributed by atoms with van der Waals surface area (Å²) >= 11 is 5.94. The van der Waals surface area contributed by atoms with Crippen LogP contribution in [-0.4, -0.2) is 5.78 Å². The van der Waals surface area contributed by atoms with E-state index in [4.69, 9.17) is 17.3 Å². The second-order valence-corrected chi connectivity index (χ2v) is 5.17. The summed E-state index contributed by atoms with van der Waals surface area (Å²) in [4.78, 5) is 12.2. The van der Waals surface area contributed by atoms with Crippen molar-refractivity contribution < 1.29 is 4.79 Å². The van der Waals surface area contributed by atoms with Gasteiger partial charge in [0.1, 0.15) is 0 Å². The molecule has 0 saturated heterocycles. The Morgan fingerprint density at radius 1 is 1.16 bits per heavy atom. The summed E-state index contributed by atoms with van der Waals surface area (Å²) in [6.07, 6.45) is 0.383. The summed E-state index contributed by atoms with van der Waals surface area (Å²) in [6, 6.07) is 11.1. The van der Waals surface area contributed by atoms with Crippen LogP contribution in [0.4, 0.5) is 5.69 Å². The third kappa shape index (κ3) is 3.15. The molecule has 0 bridgehead atoms. The van der Waals surface area contributed by atoms with Crippen LogP contribution in [0.2, 0.25) is 5.02 Å². The van der Waals surface area contributed by atoms with Crippen molar-refractivity contribution in [3.63, 3.8) is 0 Å². The molecule has 0 unspecified atom stereocenters. The Morgan fingerprint density at radius 3 is 2.58 bits per heavy atom. The normalized spacial score (nSPS) is 10.5. The number of carbonyl (C=O) groups is 1. The molecule has 2 aromatic rings. The van der Waals surface area contributed by atoms with Gasteiger partial charge in [0.05, 0.1) is 10.7 Å². The largest absolute Gasteiger partial charge is 0.398 e. The van der Waals surface area contributed by atoms with Crippen LogP contribution in [0.25, 0.3) is 0 Å². The van der Waals surface area contributed by atoms with Gasteiger partial charge in [-0.2, -0.15) is 0 Å². The van der Waals surface area contributed by atoms with E-state index in [1.165, 1.54) is 0 Å². The minimum absolute atomic E-state index is 0.0515. The smallest absolute Gasteiger partial charge is 0.167 e. The van der Waals surface area contributed by atoms with E-state index in [-0.39, 0.29) is 5.78 Å². The number of hydrogen-bond donors (Lipinski definition) is 1. The molecule has 0 spiro atoms. The number of carbonyl (C=O) groups excluding carboxylic acids is 1. The van der Waals surface area contributed by atoms with Gasteiger partial charge in [-0.15, -0.1) is 0 Å². The average molecular weight is 274 g/mol. The number of halogens is 1. The molecule has 0 aromatic heterocycles. The number of rotatable bonds is 3. The Balaban J connectivity index is 2.25. The van der Waals surface area contributed by atoms with E-state index < -0.39 is 0 Å². The summed E-state index contributed by atoms with van der Waals surface area (Å²) in [5, 5.41) is 0.423. The molecule has 0 saturated carbocycles. The second-order valence-electron chi connectivity index (χ2n) is 4.77. The highest BCUT2D eigenvalue weighted by molar-refractivity contribution is 6.33. The zero-order valence-corrected chi connectivity index (χ0v) is 11.8. The highest BCUT2D eigenvalue weighted by atomic mass is 35.5. The van der Waals surface area contributed by atoms with Crippen molar-refractivity contribution in [3.05, 3.63) is 63.7 Å². The zero-order valence-electron chi connectivity index (χ0n) is 11.0. The van der Waals surface area contributed by atoms with E-state index in [0.29, 0.717) is 22.7 Å². The van der Waals surface area contributed by atoms with Gasteiger partial charge in [-0.05, 0) is 43.2 Å². The van der Waals surface area contributed by atoms with Gasteiger partial charge in [-0.3, -0.25) is 4.79 Å². The maximum atomic E-state index is 12.2. The van der Waals surface area contributed by atoms with Crippen molar-refractivity contribution >= 4 is 23.1 Å². The molecule has 0 atom stereocenters. The Kier molecular flexibility index (Phi) is 3.91. The zero-order chi connectivity index (χ0) is 14.0. The number of hydrogen-bond acceptors (Lipinski definition) is 2. The van der Waals surface area contributed by atoms with Crippen LogP contribution >= 0.6 is 11.6 Å². The molecule has 2 aromatic carbocycles. The van der Waals surface area contributed by atoms with Crippen molar-refractivity contribution in [2.24, 2.45) is 0 Å². The van der Waals surface area contributed by atoms with Crippen molar-refractivity contribution in [2.45, 2.75) is 20.3 Å². The molecule has 2 N–H and O–H groups in total. The summed E-state index contributed by atoms with van der Waals surface area (Å²) in [7, 11) is 0. The maximum absolute atomic E-state index is 12.2. The number of nitrogen functional groups attached to an aromatic ring is 1. The van der Waals surface area contributed by atoms with Crippen molar-refractivity contribution in [3.8, 4) is 0 Å². The molecule has 19 heavy (non-hydrogen) atoms. The SMILES string of the molecule is Cc1ccc(C)c(CC(=O)c2ccc(N)c(Cl)c2)c1. The van der Waals surface area contributed by atoms with E-state index in [0.717, 1.165) is 16.7 Å². The maximum Gasteiger partial charge on any atom is 0.167 e. The lowest BCUT2D eigenvalue weighted by Crippen LogP contribution is -2.05. The lowest BCUT2D eigenvalue weighted by molar-refractivity contribution is 0.0993. The highest BCUT2D eigenvalue weighted by Crippen LogP contribution is 2.21. The van der Waals surface area contributed by atoms with Crippen LogP contribution in [0.1, 0.15) is 27.0 Å². The number of nitrogens with two attached hydrogens (primary N) is 1.